The van der Waals surface area contributed by atoms with Gasteiger partial charge < -0.3 is 29.8 Å². The number of benzene rings is 2. The highest BCUT2D eigenvalue weighted by molar-refractivity contribution is 6.13. The van der Waals surface area contributed by atoms with E-state index in [1.807, 2.05) is 72.2 Å². The minimum absolute atomic E-state index is 0.258. The van der Waals surface area contributed by atoms with Crippen LogP contribution in [0.25, 0.3) is 16.6 Å². The Labute approximate surface area is 267 Å². The number of nitrogens with one attached hydrogen (secondary N) is 2. The number of aromatic nitrogens is 4. The van der Waals surface area contributed by atoms with E-state index >= 15 is 0 Å². The van der Waals surface area contributed by atoms with E-state index in [0.717, 1.165) is 48.7 Å². The minimum Gasteiger partial charge on any atom is -0.475 e. The number of para-hydroxylation sites is 1. The Morgan fingerprint density at radius 2 is 1.68 bits per heavy atom. The molecule has 4 heterocycles. The molecule has 2 aromatic carbocycles. The number of carbonyl (C=O) groups excluding carboxylic acids is 1. The lowest BCUT2D eigenvalue weighted by Crippen LogP contribution is -2.43. The number of carboxylic acids is 1. The maximum atomic E-state index is 13.6. The van der Waals surface area contributed by atoms with Crippen molar-refractivity contribution in [2.75, 3.05) is 23.3 Å². The summed E-state index contributed by atoms with van der Waals surface area (Å²) in [5.41, 5.74) is 4.29. The number of halogens is 3. The van der Waals surface area contributed by atoms with E-state index in [4.69, 9.17) is 14.6 Å². The molecule has 47 heavy (non-hydrogen) atoms. The van der Waals surface area contributed by atoms with Gasteiger partial charge in [0.15, 0.2) is 11.4 Å². The van der Waals surface area contributed by atoms with Gasteiger partial charge in [-0.05, 0) is 62.9 Å². The summed E-state index contributed by atoms with van der Waals surface area (Å²) in [6.45, 7) is 3.87. The lowest BCUT2D eigenvalue weighted by Gasteiger charge is -2.34. The normalized spacial score (nSPS) is 15.3. The number of ether oxygens (including phenoxy) is 1. The first-order valence-corrected chi connectivity index (χ1v) is 15.1. The van der Waals surface area contributed by atoms with Crippen molar-refractivity contribution >= 4 is 39.8 Å². The first-order valence-electron chi connectivity index (χ1n) is 15.1. The number of amides is 1. The van der Waals surface area contributed by atoms with Crippen LogP contribution >= 0.6 is 0 Å². The van der Waals surface area contributed by atoms with Crippen LogP contribution in [-0.4, -0.2) is 67.9 Å². The zero-order valence-electron chi connectivity index (χ0n) is 25.4. The molecule has 1 saturated heterocycles. The van der Waals surface area contributed by atoms with E-state index < -0.39 is 12.1 Å². The van der Waals surface area contributed by atoms with Crippen molar-refractivity contribution in [3.63, 3.8) is 0 Å². The summed E-state index contributed by atoms with van der Waals surface area (Å²) in [4.78, 5) is 29.5. The van der Waals surface area contributed by atoms with Gasteiger partial charge in [0.25, 0.3) is 5.91 Å². The third-order valence-corrected chi connectivity index (χ3v) is 7.90. The highest BCUT2D eigenvalue weighted by atomic mass is 19.4. The van der Waals surface area contributed by atoms with Crippen LogP contribution in [0.2, 0.25) is 0 Å². The quantitative estimate of drug-likeness (QED) is 0.195. The van der Waals surface area contributed by atoms with Gasteiger partial charge in [0.05, 0.1) is 23.1 Å². The molecule has 2 fully saturated rings. The number of carboxylic acid groups (broad SMARTS) is 1. The molecule has 5 aromatic rings. The van der Waals surface area contributed by atoms with E-state index in [1.54, 1.807) is 12.3 Å². The molecule has 244 valence electrons. The van der Waals surface area contributed by atoms with Gasteiger partial charge in [-0.1, -0.05) is 18.2 Å². The first kappa shape index (κ1) is 31.7. The first-order chi connectivity index (χ1) is 22.5. The molecular weight excluding hydrogens is 615 g/mol. The van der Waals surface area contributed by atoms with Crippen LogP contribution in [0.15, 0.2) is 73.2 Å². The highest BCUT2D eigenvalue weighted by Crippen LogP contribution is 2.33. The summed E-state index contributed by atoms with van der Waals surface area (Å²) in [5, 5.41) is 23.4. The number of hydrogen-bond donors (Lipinski definition) is 3. The van der Waals surface area contributed by atoms with Gasteiger partial charge in [-0.3, -0.25) is 4.79 Å². The maximum absolute atomic E-state index is 13.6. The third-order valence-electron chi connectivity index (χ3n) is 7.90. The topological polar surface area (TPSA) is 134 Å². The minimum atomic E-state index is -5.08. The molecule has 2 aliphatic rings. The van der Waals surface area contributed by atoms with E-state index in [2.05, 4.69) is 30.7 Å². The van der Waals surface area contributed by atoms with Crippen LogP contribution in [0.1, 0.15) is 41.7 Å². The Kier molecular flexibility index (Phi) is 8.94. The van der Waals surface area contributed by atoms with Crippen LogP contribution in [-0.2, 0) is 4.79 Å². The molecule has 0 spiro atoms. The van der Waals surface area contributed by atoms with Crippen molar-refractivity contribution in [3.8, 4) is 11.5 Å². The molecule has 3 aromatic heterocycles. The number of imidazole rings is 1. The Hall–Kier alpha value is -5.24. The predicted molar refractivity (Wildman–Crippen MR) is 169 cm³/mol. The van der Waals surface area contributed by atoms with Crippen LogP contribution < -0.4 is 20.3 Å². The number of alkyl halides is 3. The summed E-state index contributed by atoms with van der Waals surface area (Å²) in [7, 11) is 0. The fourth-order valence-electron chi connectivity index (χ4n) is 5.54. The zero-order valence-corrected chi connectivity index (χ0v) is 25.4. The summed E-state index contributed by atoms with van der Waals surface area (Å²) in [5.74, 6) is -1.77. The van der Waals surface area contributed by atoms with Crippen molar-refractivity contribution < 1.29 is 32.6 Å². The summed E-state index contributed by atoms with van der Waals surface area (Å²) in [6.07, 6.45) is 5.20. The van der Waals surface area contributed by atoms with Crippen molar-refractivity contribution in [1.29, 1.82) is 0 Å². The molecule has 1 amide bonds. The van der Waals surface area contributed by atoms with Crippen LogP contribution in [0.5, 0.6) is 11.5 Å². The van der Waals surface area contributed by atoms with Crippen LogP contribution in [0.3, 0.4) is 0 Å². The summed E-state index contributed by atoms with van der Waals surface area (Å²) < 4.78 is 39.8. The molecule has 0 atom stereocenters. The van der Waals surface area contributed by atoms with Crippen LogP contribution in [0.4, 0.5) is 24.5 Å². The van der Waals surface area contributed by atoms with E-state index in [0.29, 0.717) is 40.0 Å². The Morgan fingerprint density at radius 1 is 0.979 bits per heavy atom. The fraction of sp³-hybridized carbons (Fsp3) is 0.303. The molecule has 0 bridgehead atoms. The second kappa shape index (κ2) is 13.2. The van der Waals surface area contributed by atoms with Gasteiger partial charge in [-0.2, -0.15) is 18.3 Å². The van der Waals surface area contributed by atoms with Crippen molar-refractivity contribution in [3.05, 3.63) is 84.4 Å². The average molecular weight is 648 g/mol. The standard InChI is InChI=1S/C31H31N7O2.C2HF3O2/c1-20-18-38-19-23(17-28(30(38)33-20)40-24-5-3-2-4-6-24)35-31(39)26-9-10-27(25-11-14-32-36-29(25)26)37-15-12-22(13-16-37)34-21-7-8-21;3-2(4,5)1(6)7/h2-6,9-11,14,17-19,21-22,34H,7-8,12-13,15-16H2,1H3,(H,35,39);(H,6,7). The van der Waals surface area contributed by atoms with Gasteiger partial charge in [-0.15, -0.1) is 5.10 Å². The molecule has 1 aliphatic heterocycles. The number of piperidine rings is 1. The lowest BCUT2D eigenvalue weighted by molar-refractivity contribution is -0.192. The Morgan fingerprint density at radius 3 is 2.36 bits per heavy atom. The van der Waals surface area contributed by atoms with Gasteiger partial charge in [0.1, 0.15) is 11.3 Å². The van der Waals surface area contributed by atoms with Gasteiger partial charge in [0, 0.05) is 54.7 Å². The second-order valence-corrected chi connectivity index (χ2v) is 11.5. The molecule has 0 unspecified atom stereocenters. The van der Waals surface area contributed by atoms with Gasteiger partial charge in [-0.25, -0.2) is 9.78 Å². The number of anilines is 2. The predicted octanol–water partition coefficient (Wildman–Crippen LogP) is 5.98. The molecule has 11 nitrogen and oxygen atoms in total. The number of hydrogen-bond acceptors (Lipinski definition) is 8. The largest absolute Gasteiger partial charge is 0.490 e. The molecule has 7 rings (SSSR count). The molecule has 14 heteroatoms. The van der Waals surface area contributed by atoms with E-state index in [9.17, 15) is 18.0 Å². The van der Waals surface area contributed by atoms with Crippen molar-refractivity contribution in [2.24, 2.45) is 0 Å². The number of pyridine rings is 1. The van der Waals surface area contributed by atoms with E-state index in [1.165, 1.54) is 12.8 Å². The second-order valence-electron chi connectivity index (χ2n) is 11.5. The van der Waals surface area contributed by atoms with Gasteiger partial charge >= 0.3 is 12.1 Å². The Bertz CT molecular complexity index is 1900. The number of fused-ring (bicyclic) bond motifs is 2. The number of nitrogens with zero attached hydrogens (tertiary/aromatic N) is 5. The highest BCUT2D eigenvalue weighted by Gasteiger charge is 2.38. The summed E-state index contributed by atoms with van der Waals surface area (Å²) >= 11 is 0. The molecule has 3 N–H and O–H groups in total. The zero-order chi connectivity index (χ0) is 33.1. The third kappa shape index (κ3) is 7.60. The molecular formula is C33H32F3N7O4. The lowest BCUT2D eigenvalue weighted by atomic mass is 10.0. The number of aliphatic carboxylic acids is 1. The average Bonchev–Trinajstić information content (AvgIpc) is 3.78. The fourth-order valence-corrected chi connectivity index (χ4v) is 5.54. The number of rotatable bonds is 7. The number of carbonyl (C=O) groups is 2. The van der Waals surface area contributed by atoms with Crippen molar-refractivity contribution in [2.45, 2.75) is 50.9 Å². The molecule has 0 radical (unpaired) electrons. The smallest absolute Gasteiger partial charge is 0.475 e. The van der Waals surface area contributed by atoms with Crippen molar-refractivity contribution in [1.82, 2.24) is 24.9 Å². The van der Waals surface area contributed by atoms with E-state index in [-0.39, 0.29) is 5.91 Å². The number of aryl methyl sites for hydroxylation is 1. The Balaban J connectivity index is 0.000000499. The monoisotopic (exact) mass is 647 g/mol. The summed E-state index contributed by atoms with van der Waals surface area (Å²) in [6, 6.07) is 18.5. The van der Waals surface area contributed by atoms with Gasteiger partial charge in [0.2, 0.25) is 0 Å². The van der Waals surface area contributed by atoms with Crippen LogP contribution in [0, 0.1) is 6.92 Å². The molecule has 1 saturated carbocycles. The maximum Gasteiger partial charge on any atom is 0.490 e. The molecule has 1 aliphatic carbocycles. The SMILES string of the molecule is Cc1cn2cc(NC(=O)c3ccc(N4CCC(NC5CC5)CC4)c4ccnnc34)cc(Oc3ccccc3)c2n1.O=C(O)C(F)(F)F.